The molecule has 4 nitrogen and oxygen atoms in total. The lowest BCUT2D eigenvalue weighted by atomic mass is 9.98. The number of nitrogens with zero attached hydrogens (tertiary/aromatic N) is 1. The van der Waals surface area contributed by atoms with E-state index in [0.717, 1.165) is 37.2 Å². The molecule has 0 radical (unpaired) electrons. The third kappa shape index (κ3) is 2.18. The van der Waals surface area contributed by atoms with Gasteiger partial charge in [0.15, 0.2) is 0 Å². The molecule has 1 saturated heterocycles. The Labute approximate surface area is 119 Å². The molecule has 1 amide bonds. The van der Waals surface area contributed by atoms with Gasteiger partial charge in [-0.05, 0) is 49.3 Å². The molecule has 1 heterocycles. The second kappa shape index (κ2) is 5.09. The summed E-state index contributed by atoms with van der Waals surface area (Å²) < 4.78 is 5.30. The predicted molar refractivity (Wildman–Crippen MR) is 77.8 cm³/mol. The molecular weight excluding hydrogens is 252 g/mol. The summed E-state index contributed by atoms with van der Waals surface area (Å²) in [6, 6.07) is 5.93. The number of ether oxygens (including phenoxy) is 1. The van der Waals surface area contributed by atoms with Gasteiger partial charge in [0.2, 0.25) is 0 Å². The van der Waals surface area contributed by atoms with Crippen LogP contribution in [0.5, 0.6) is 5.75 Å². The summed E-state index contributed by atoms with van der Waals surface area (Å²) in [4.78, 5) is 14.6. The fraction of sp³-hybridized carbons (Fsp3) is 0.562. The van der Waals surface area contributed by atoms with Gasteiger partial charge in [-0.25, -0.2) is 0 Å². The molecule has 3 atom stereocenters. The molecule has 1 aromatic rings. The van der Waals surface area contributed by atoms with Crippen LogP contribution in [0.2, 0.25) is 0 Å². The largest absolute Gasteiger partial charge is 0.496 e. The number of carbonyl (C=O) groups is 1. The minimum Gasteiger partial charge on any atom is -0.496 e. The van der Waals surface area contributed by atoms with Crippen molar-refractivity contribution >= 4 is 5.91 Å². The van der Waals surface area contributed by atoms with Crippen LogP contribution < -0.4 is 10.5 Å². The quantitative estimate of drug-likeness (QED) is 0.895. The minimum absolute atomic E-state index is 0.102. The molecule has 1 aliphatic heterocycles. The third-order valence-corrected chi connectivity index (χ3v) is 4.85. The average Bonchev–Trinajstić information content (AvgIpc) is 3.01. The molecule has 1 saturated carbocycles. The normalized spacial score (nSPS) is 28.6. The summed E-state index contributed by atoms with van der Waals surface area (Å²) in [5, 5.41) is 0. The smallest absolute Gasteiger partial charge is 0.254 e. The summed E-state index contributed by atoms with van der Waals surface area (Å²) in [5.41, 5.74) is 7.88. The summed E-state index contributed by atoms with van der Waals surface area (Å²) in [5.74, 6) is 1.96. The van der Waals surface area contributed by atoms with Gasteiger partial charge in [0.05, 0.1) is 7.11 Å². The Morgan fingerprint density at radius 1 is 1.35 bits per heavy atom. The van der Waals surface area contributed by atoms with Gasteiger partial charge in [0.1, 0.15) is 5.75 Å². The van der Waals surface area contributed by atoms with Gasteiger partial charge in [-0.2, -0.15) is 0 Å². The average molecular weight is 274 g/mol. The van der Waals surface area contributed by atoms with Crippen molar-refractivity contribution in [2.75, 3.05) is 20.2 Å². The van der Waals surface area contributed by atoms with Crippen LogP contribution in [-0.4, -0.2) is 37.0 Å². The highest BCUT2D eigenvalue weighted by Gasteiger charge is 2.42. The highest BCUT2D eigenvalue weighted by atomic mass is 16.5. The standard InChI is InChI=1S/C16H22N2O2/c1-10-3-4-11(7-15(10)20-2)16(19)18-8-12-5-6-14(17)13(12)9-18/h3-4,7,12-14H,5-6,8-9,17H2,1-2H3. The van der Waals surface area contributed by atoms with Crippen LogP contribution in [0.3, 0.4) is 0 Å². The minimum atomic E-state index is 0.102. The third-order valence-electron chi connectivity index (χ3n) is 4.85. The van der Waals surface area contributed by atoms with Gasteiger partial charge >= 0.3 is 0 Å². The maximum Gasteiger partial charge on any atom is 0.254 e. The fourth-order valence-corrected chi connectivity index (χ4v) is 3.61. The van der Waals surface area contributed by atoms with Crippen molar-refractivity contribution in [3.05, 3.63) is 29.3 Å². The topological polar surface area (TPSA) is 55.6 Å². The van der Waals surface area contributed by atoms with E-state index < -0.39 is 0 Å². The van der Waals surface area contributed by atoms with Gasteiger partial charge < -0.3 is 15.4 Å². The molecule has 2 aliphatic rings. The number of fused-ring (bicyclic) bond motifs is 1. The molecule has 3 rings (SSSR count). The Morgan fingerprint density at radius 3 is 2.85 bits per heavy atom. The predicted octanol–water partition coefficient (Wildman–Crippen LogP) is 1.81. The molecule has 108 valence electrons. The molecule has 20 heavy (non-hydrogen) atoms. The van der Waals surface area contributed by atoms with E-state index in [1.807, 2.05) is 30.0 Å². The molecule has 1 aromatic carbocycles. The van der Waals surface area contributed by atoms with Gasteiger partial charge in [0, 0.05) is 24.7 Å². The molecular formula is C16H22N2O2. The summed E-state index contributed by atoms with van der Waals surface area (Å²) in [7, 11) is 1.63. The van der Waals surface area contributed by atoms with Crippen molar-refractivity contribution in [3.63, 3.8) is 0 Å². The number of methoxy groups -OCH3 is 1. The zero-order valence-electron chi connectivity index (χ0n) is 12.1. The van der Waals surface area contributed by atoms with E-state index >= 15 is 0 Å². The first-order valence-corrected chi connectivity index (χ1v) is 7.29. The van der Waals surface area contributed by atoms with E-state index in [1.165, 1.54) is 0 Å². The summed E-state index contributed by atoms with van der Waals surface area (Å²) in [6.07, 6.45) is 2.27. The number of rotatable bonds is 2. The Balaban J connectivity index is 1.77. The Hall–Kier alpha value is -1.55. The number of benzene rings is 1. The molecule has 1 aliphatic carbocycles. The van der Waals surface area contributed by atoms with Crippen LogP contribution in [0, 0.1) is 18.8 Å². The monoisotopic (exact) mass is 274 g/mol. The number of hydrogen-bond acceptors (Lipinski definition) is 3. The van der Waals surface area contributed by atoms with Crippen LogP contribution in [0.4, 0.5) is 0 Å². The van der Waals surface area contributed by atoms with E-state index in [4.69, 9.17) is 10.5 Å². The molecule has 0 aromatic heterocycles. The molecule has 2 fully saturated rings. The van der Waals surface area contributed by atoms with Crippen molar-refractivity contribution < 1.29 is 9.53 Å². The first-order chi connectivity index (χ1) is 9.60. The molecule has 0 bridgehead atoms. The van der Waals surface area contributed by atoms with Gasteiger partial charge in [-0.1, -0.05) is 6.07 Å². The summed E-state index contributed by atoms with van der Waals surface area (Å²) >= 11 is 0. The number of hydrogen-bond donors (Lipinski definition) is 1. The second-order valence-electron chi connectivity index (χ2n) is 6.06. The zero-order valence-corrected chi connectivity index (χ0v) is 12.1. The molecule has 2 N–H and O–H groups in total. The Morgan fingerprint density at radius 2 is 2.15 bits per heavy atom. The molecule has 0 spiro atoms. The molecule has 4 heteroatoms. The SMILES string of the molecule is COc1cc(C(=O)N2CC3CCC(N)C3C2)ccc1C. The van der Waals surface area contributed by atoms with Gasteiger partial charge in [0.25, 0.3) is 5.91 Å². The Kier molecular flexibility index (Phi) is 3.42. The lowest BCUT2D eigenvalue weighted by molar-refractivity contribution is 0.0779. The maximum absolute atomic E-state index is 12.6. The van der Waals surface area contributed by atoms with Gasteiger partial charge in [-0.3, -0.25) is 4.79 Å². The molecule has 3 unspecified atom stereocenters. The highest BCUT2D eigenvalue weighted by Crippen LogP contribution is 2.37. The van der Waals surface area contributed by atoms with E-state index in [-0.39, 0.29) is 11.9 Å². The number of amides is 1. The zero-order chi connectivity index (χ0) is 14.3. The van der Waals surface area contributed by atoms with Crippen molar-refractivity contribution in [3.8, 4) is 5.75 Å². The lowest BCUT2D eigenvalue weighted by Gasteiger charge is -2.19. The highest BCUT2D eigenvalue weighted by molar-refractivity contribution is 5.95. The first kappa shape index (κ1) is 13.4. The van der Waals surface area contributed by atoms with Crippen LogP contribution in [0.1, 0.15) is 28.8 Å². The van der Waals surface area contributed by atoms with E-state index in [1.54, 1.807) is 7.11 Å². The number of likely N-dealkylation sites (tertiary alicyclic amines) is 1. The fourth-order valence-electron chi connectivity index (χ4n) is 3.61. The first-order valence-electron chi connectivity index (χ1n) is 7.29. The second-order valence-corrected chi connectivity index (χ2v) is 6.06. The van der Waals surface area contributed by atoms with Crippen molar-refractivity contribution in [2.24, 2.45) is 17.6 Å². The number of aryl methyl sites for hydroxylation is 1. The van der Waals surface area contributed by atoms with Crippen molar-refractivity contribution in [1.29, 1.82) is 0 Å². The van der Waals surface area contributed by atoms with Gasteiger partial charge in [-0.15, -0.1) is 0 Å². The number of carbonyl (C=O) groups excluding carboxylic acids is 1. The van der Waals surface area contributed by atoms with E-state index in [0.29, 0.717) is 17.4 Å². The van der Waals surface area contributed by atoms with Crippen LogP contribution >= 0.6 is 0 Å². The van der Waals surface area contributed by atoms with Crippen LogP contribution in [0.15, 0.2) is 18.2 Å². The van der Waals surface area contributed by atoms with Crippen molar-refractivity contribution in [2.45, 2.75) is 25.8 Å². The van der Waals surface area contributed by atoms with Crippen LogP contribution in [-0.2, 0) is 0 Å². The van der Waals surface area contributed by atoms with E-state index in [2.05, 4.69) is 0 Å². The lowest BCUT2D eigenvalue weighted by Crippen LogP contribution is -2.33. The van der Waals surface area contributed by atoms with E-state index in [9.17, 15) is 4.79 Å². The van der Waals surface area contributed by atoms with Crippen LogP contribution in [0.25, 0.3) is 0 Å². The number of nitrogens with two attached hydrogens (primary N) is 1. The summed E-state index contributed by atoms with van der Waals surface area (Å²) in [6.45, 7) is 3.64. The van der Waals surface area contributed by atoms with Crippen molar-refractivity contribution in [1.82, 2.24) is 4.90 Å². The Bertz CT molecular complexity index is 529. The maximum atomic E-state index is 12.6.